The fourth-order valence-corrected chi connectivity index (χ4v) is 1.87. The lowest BCUT2D eigenvalue weighted by Crippen LogP contribution is -2.09. The Morgan fingerprint density at radius 2 is 2.55 bits per heavy atom. The van der Waals surface area contributed by atoms with E-state index in [-0.39, 0.29) is 10.8 Å². The molecule has 0 fully saturated rings. The summed E-state index contributed by atoms with van der Waals surface area (Å²) in [4.78, 5) is 11.2. The number of carbonyl (C=O) groups is 1. The summed E-state index contributed by atoms with van der Waals surface area (Å²) >= 11 is 3.44. The van der Waals surface area contributed by atoms with Crippen LogP contribution in [0.25, 0.3) is 0 Å². The number of hydrogen-bond acceptors (Lipinski definition) is 2. The van der Waals surface area contributed by atoms with E-state index in [2.05, 4.69) is 22.9 Å². The summed E-state index contributed by atoms with van der Waals surface area (Å²) in [5.74, 6) is -0.166. The molecule has 0 saturated carbocycles. The van der Waals surface area contributed by atoms with Crippen LogP contribution in [0.2, 0.25) is 0 Å². The summed E-state index contributed by atoms with van der Waals surface area (Å²) < 4.78 is 4.77. The van der Waals surface area contributed by atoms with Crippen LogP contribution < -0.4 is 0 Å². The van der Waals surface area contributed by atoms with Gasteiger partial charge in [-0.2, -0.15) is 0 Å². The summed E-state index contributed by atoms with van der Waals surface area (Å²) in [6.45, 7) is 2.54. The lowest BCUT2D eigenvalue weighted by molar-refractivity contribution is -0.136. The maximum absolute atomic E-state index is 11.0. The van der Waals surface area contributed by atoms with Crippen LogP contribution in [0.1, 0.15) is 19.8 Å². The first-order valence-electron chi connectivity index (χ1n) is 3.77. The van der Waals surface area contributed by atoms with Gasteiger partial charge in [-0.1, -0.05) is 29.3 Å². The Labute approximate surface area is 74.7 Å². The lowest BCUT2D eigenvalue weighted by atomic mass is 10.1. The van der Waals surface area contributed by atoms with Gasteiger partial charge in [-0.15, -0.1) is 0 Å². The molecule has 0 radical (unpaired) electrons. The second-order valence-corrected chi connectivity index (χ2v) is 3.62. The van der Waals surface area contributed by atoms with E-state index in [1.165, 1.54) is 0 Å². The number of alkyl halides is 1. The highest BCUT2D eigenvalue weighted by atomic mass is 79.9. The fraction of sp³-hybridized carbons (Fsp3) is 0.625. The molecular formula is C8H11BrO2. The Bertz CT molecular complexity index is 187. The van der Waals surface area contributed by atoms with Gasteiger partial charge >= 0.3 is 5.97 Å². The summed E-state index contributed by atoms with van der Waals surface area (Å²) in [6.07, 6.45) is 3.90. The van der Waals surface area contributed by atoms with Crippen molar-refractivity contribution in [3.63, 3.8) is 0 Å². The summed E-state index contributed by atoms with van der Waals surface area (Å²) in [7, 11) is 0. The standard InChI is InChI=1S/C8H11BrO2/c1-2-3-7(9)6-4-5-11-8(6)10/h4,7H,2-3,5H2,1H3. The van der Waals surface area contributed by atoms with E-state index in [0.717, 1.165) is 18.4 Å². The van der Waals surface area contributed by atoms with Crippen LogP contribution in [0.4, 0.5) is 0 Å². The number of rotatable bonds is 3. The Hall–Kier alpha value is -0.310. The van der Waals surface area contributed by atoms with Gasteiger partial charge in [-0.25, -0.2) is 4.79 Å². The van der Waals surface area contributed by atoms with Gasteiger partial charge in [0.2, 0.25) is 0 Å². The fourth-order valence-electron chi connectivity index (χ4n) is 1.04. The Balaban J connectivity index is 2.52. The van der Waals surface area contributed by atoms with Crippen LogP contribution in [0.15, 0.2) is 11.6 Å². The Kier molecular flexibility index (Phi) is 3.12. The zero-order chi connectivity index (χ0) is 8.27. The van der Waals surface area contributed by atoms with Crippen LogP contribution in [0.5, 0.6) is 0 Å². The maximum Gasteiger partial charge on any atom is 0.335 e. The number of halogens is 1. The predicted octanol–water partition coefficient (Wildman–Crippen LogP) is 2.03. The zero-order valence-electron chi connectivity index (χ0n) is 6.47. The van der Waals surface area contributed by atoms with Crippen molar-refractivity contribution in [2.45, 2.75) is 24.6 Å². The highest BCUT2D eigenvalue weighted by Crippen LogP contribution is 2.21. The van der Waals surface area contributed by atoms with Crippen molar-refractivity contribution in [1.29, 1.82) is 0 Å². The number of carbonyl (C=O) groups excluding carboxylic acids is 1. The van der Waals surface area contributed by atoms with Crippen LogP contribution in [0, 0.1) is 0 Å². The molecule has 0 saturated heterocycles. The lowest BCUT2D eigenvalue weighted by Gasteiger charge is -2.05. The second kappa shape index (κ2) is 3.90. The average molecular weight is 219 g/mol. The zero-order valence-corrected chi connectivity index (χ0v) is 8.06. The highest BCUT2D eigenvalue weighted by molar-refractivity contribution is 9.09. The van der Waals surface area contributed by atoms with Crippen LogP contribution in [-0.2, 0) is 9.53 Å². The number of hydrogen-bond donors (Lipinski definition) is 0. The minimum atomic E-state index is -0.166. The van der Waals surface area contributed by atoms with Crippen molar-refractivity contribution >= 4 is 21.9 Å². The number of esters is 1. The quantitative estimate of drug-likeness (QED) is 0.536. The first-order chi connectivity index (χ1) is 5.25. The highest BCUT2D eigenvalue weighted by Gasteiger charge is 2.22. The Morgan fingerprint density at radius 3 is 3.00 bits per heavy atom. The van der Waals surface area contributed by atoms with E-state index in [1.807, 2.05) is 6.08 Å². The molecule has 1 unspecified atom stereocenters. The Morgan fingerprint density at radius 1 is 1.82 bits per heavy atom. The van der Waals surface area contributed by atoms with E-state index >= 15 is 0 Å². The third kappa shape index (κ3) is 2.06. The number of cyclic esters (lactones) is 1. The third-order valence-electron chi connectivity index (χ3n) is 1.63. The minimum Gasteiger partial charge on any atom is -0.458 e. The van der Waals surface area contributed by atoms with Crippen LogP contribution in [-0.4, -0.2) is 17.4 Å². The summed E-state index contributed by atoms with van der Waals surface area (Å²) in [6, 6.07) is 0. The van der Waals surface area contributed by atoms with Crippen molar-refractivity contribution in [3.8, 4) is 0 Å². The maximum atomic E-state index is 11.0. The van der Waals surface area contributed by atoms with Gasteiger partial charge in [0.05, 0.1) is 5.57 Å². The topological polar surface area (TPSA) is 26.3 Å². The molecule has 3 heteroatoms. The molecule has 62 valence electrons. The molecule has 0 N–H and O–H groups in total. The van der Waals surface area contributed by atoms with Crippen molar-refractivity contribution < 1.29 is 9.53 Å². The molecule has 0 aromatic rings. The van der Waals surface area contributed by atoms with Gasteiger partial charge in [0.1, 0.15) is 6.61 Å². The molecule has 1 atom stereocenters. The molecule has 0 aromatic carbocycles. The normalized spacial score (nSPS) is 19.5. The van der Waals surface area contributed by atoms with Crippen LogP contribution in [0.3, 0.4) is 0 Å². The van der Waals surface area contributed by atoms with Gasteiger partial charge in [0, 0.05) is 4.83 Å². The molecule has 2 nitrogen and oxygen atoms in total. The van der Waals surface area contributed by atoms with E-state index in [4.69, 9.17) is 4.74 Å². The van der Waals surface area contributed by atoms with Crippen LogP contribution >= 0.6 is 15.9 Å². The van der Waals surface area contributed by atoms with E-state index < -0.39 is 0 Å². The summed E-state index contributed by atoms with van der Waals surface area (Å²) in [5, 5.41) is 0. The van der Waals surface area contributed by atoms with Crippen molar-refractivity contribution in [2.24, 2.45) is 0 Å². The minimum absolute atomic E-state index is 0.166. The summed E-state index contributed by atoms with van der Waals surface area (Å²) in [5.41, 5.74) is 0.784. The van der Waals surface area contributed by atoms with E-state index in [9.17, 15) is 4.79 Å². The smallest absolute Gasteiger partial charge is 0.335 e. The predicted molar refractivity (Wildman–Crippen MR) is 46.7 cm³/mol. The molecule has 1 aliphatic rings. The third-order valence-corrected chi connectivity index (χ3v) is 2.58. The first kappa shape index (κ1) is 8.78. The monoisotopic (exact) mass is 218 g/mol. The van der Waals surface area contributed by atoms with Gasteiger partial charge in [-0.05, 0) is 12.5 Å². The molecular weight excluding hydrogens is 208 g/mol. The molecule has 0 bridgehead atoms. The SMILES string of the molecule is CCCC(Br)C1=CCOC1=O. The molecule has 1 rings (SSSR count). The molecule has 0 spiro atoms. The average Bonchev–Trinajstić information content (AvgIpc) is 2.36. The molecule has 1 aliphatic heterocycles. The van der Waals surface area contributed by atoms with Gasteiger partial charge < -0.3 is 4.74 Å². The van der Waals surface area contributed by atoms with Gasteiger partial charge in [0.25, 0.3) is 0 Å². The largest absolute Gasteiger partial charge is 0.458 e. The van der Waals surface area contributed by atoms with Gasteiger partial charge in [0.15, 0.2) is 0 Å². The molecule has 0 aromatic heterocycles. The van der Waals surface area contributed by atoms with Gasteiger partial charge in [-0.3, -0.25) is 0 Å². The molecule has 0 aliphatic carbocycles. The van der Waals surface area contributed by atoms with Crippen molar-refractivity contribution in [2.75, 3.05) is 6.61 Å². The molecule has 11 heavy (non-hydrogen) atoms. The van der Waals surface area contributed by atoms with Crippen molar-refractivity contribution in [1.82, 2.24) is 0 Å². The van der Waals surface area contributed by atoms with Crippen molar-refractivity contribution in [3.05, 3.63) is 11.6 Å². The molecule has 0 amide bonds. The number of ether oxygens (including phenoxy) is 1. The first-order valence-corrected chi connectivity index (χ1v) is 4.68. The van der Waals surface area contributed by atoms with E-state index in [0.29, 0.717) is 6.61 Å². The molecule has 1 heterocycles. The second-order valence-electron chi connectivity index (χ2n) is 2.51. The van der Waals surface area contributed by atoms with E-state index in [1.54, 1.807) is 0 Å².